The highest BCUT2D eigenvalue weighted by Gasteiger charge is 2.55. The van der Waals surface area contributed by atoms with E-state index >= 15 is 0 Å². The number of carbonyl (C=O) groups is 2. The Labute approximate surface area is 141 Å². The molecule has 4 nitrogen and oxygen atoms in total. The van der Waals surface area contributed by atoms with Gasteiger partial charge in [0, 0.05) is 10.8 Å². The van der Waals surface area contributed by atoms with Crippen molar-refractivity contribution < 1.29 is 19.8 Å². The van der Waals surface area contributed by atoms with Gasteiger partial charge in [-0.25, -0.2) is 0 Å². The van der Waals surface area contributed by atoms with E-state index < -0.39 is 28.7 Å². The molecule has 2 aromatic rings. The molecule has 4 heteroatoms. The predicted octanol–water partition coefficient (Wildman–Crippen LogP) is 3.71. The summed E-state index contributed by atoms with van der Waals surface area (Å²) in [5.41, 5.74) is -0.290. The van der Waals surface area contributed by atoms with Crippen LogP contribution >= 0.6 is 0 Å². The van der Waals surface area contributed by atoms with Crippen molar-refractivity contribution in [2.75, 3.05) is 0 Å². The van der Waals surface area contributed by atoms with Crippen molar-refractivity contribution in [1.82, 2.24) is 0 Å². The van der Waals surface area contributed by atoms with Crippen molar-refractivity contribution in [1.29, 1.82) is 0 Å². The molecule has 126 valence electrons. The summed E-state index contributed by atoms with van der Waals surface area (Å²) in [4.78, 5) is 23.7. The normalized spacial score (nSPS) is 14.2. The second-order valence-electron chi connectivity index (χ2n) is 6.67. The molecule has 2 rings (SSSR count). The van der Waals surface area contributed by atoms with Gasteiger partial charge in [0.25, 0.3) is 0 Å². The van der Waals surface area contributed by atoms with Gasteiger partial charge in [-0.3, -0.25) is 9.59 Å². The maximum absolute atomic E-state index is 11.9. The van der Waals surface area contributed by atoms with Gasteiger partial charge < -0.3 is 10.2 Å². The number of hydrogen-bond donors (Lipinski definition) is 2. The Morgan fingerprint density at radius 1 is 0.750 bits per heavy atom. The highest BCUT2D eigenvalue weighted by molar-refractivity contribution is 5.95. The summed E-state index contributed by atoms with van der Waals surface area (Å²) < 4.78 is 0. The molecule has 0 bridgehead atoms. The Morgan fingerprint density at radius 3 is 1.50 bits per heavy atom. The standard InChI is InChI=1S/C20H22O4/c1-19(2,14-10-6-4-7-11-14)20(3,15-12-8-5-9-13-15)16(17(21)22)18(23)24/h4-13,16H,1-3H3,(H,21,22)(H,23,24). The van der Waals surface area contributed by atoms with Gasteiger partial charge in [-0.2, -0.15) is 0 Å². The minimum absolute atomic E-state index is 0.689. The molecule has 1 atom stereocenters. The van der Waals surface area contributed by atoms with Crippen molar-refractivity contribution in [2.24, 2.45) is 5.92 Å². The van der Waals surface area contributed by atoms with Crippen LogP contribution in [0.2, 0.25) is 0 Å². The van der Waals surface area contributed by atoms with E-state index in [1.54, 1.807) is 31.2 Å². The maximum Gasteiger partial charge on any atom is 0.318 e. The molecule has 0 saturated carbocycles. The zero-order valence-electron chi connectivity index (χ0n) is 14.1. The van der Waals surface area contributed by atoms with Gasteiger partial charge in [0.2, 0.25) is 0 Å². The van der Waals surface area contributed by atoms with Crippen LogP contribution in [-0.2, 0) is 20.4 Å². The van der Waals surface area contributed by atoms with E-state index in [0.29, 0.717) is 5.56 Å². The van der Waals surface area contributed by atoms with Gasteiger partial charge in [0.05, 0.1) is 0 Å². The first-order valence-electron chi connectivity index (χ1n) is 7.79. The van der Waals surface area contributed by atoms with Crippen LogP contribution in [0.3, 0.4) is 0 Å². The average molecular weight is 326 g/mol. The summed E-state index contributed by atoms with van der Waals surface area (Å²) >= 11 is 0. The quantitative estimate of drug-likeness (QED) is 0.794. The van der Waals surface area contributed by atoms with Crippen molar-refractivity contribution in [3.63, 3.8) is 0 Å². The fraction of sp³-hybridized carbons (Fsp3) is 0.300. The third-order valence-electron chi connectivity index (χ3n) is 5.24. The fourth-order valence-corrected chi connectivity index (χ4v) is 3.43. The number of carboxylic acid groups (broad SMARTS) is 2. The molecule has 0 aromatic heterocycles. The molecule has 0 amide bonds. The average Bonchev–Trinajstić information content (AvgIpc) is 2.55. The van der Waals surface area contributed by atoms with Gasteiger partial charge >= 0.3 is 11.9 Å². The highest BCUT2D eigenvalue weighted by Crippen LogP contribution is 2.49. The van der Waals surface area contributed by atoms with Crippen LogP contribution in [0, 0.1) is 5.92 Å². The number of aliphatic carboxylic acids is 2. The van der Waals surface area contributed by atoms with E-state index in [-0.39, 0.29) is 0 Å². The number of rotatable bonds is 6. The van der Waals surface area contributed by atoms with E-state index in [1.165, 1.54) is 0 Å². The molecule has 0 fully saturated rings. The maximum atomic E-state index is 11.9. The summed E-state index contributed by atoms with van der Waals surface area (Å²) in [5.74, 6) is -4.24. The lowest BCUT2D eigenvalue weighted by Gasteiger charge is -2.47. The Kier molecular flexibility index (Phi) is 4.78. The van der Waals surface area contributed by atoms with Gasteiger partial charge in [-0.15, -0.1) is 0 Å². The molecule has 24 heavy (non-hydrogen) atoms. The molecule has 0 aliphatic carbocycles. The Bertz CT molecular complexity index is 708. The molecular formula is C20H22O4. The number of carboxylic acids is 2. The Balaban J connectivity index is 2.77. The molecular weight excluding hydrogens is 304 g/mol. The van der Waals surface area contributed by atoms with Crippen molar-refractivity contribution >= 4 is 11.9 Å². The van der Waals surface area contributed by atoms with Crippen LogP contribution in [0.5, 0.6) is 0 Å². The van der Waals surface area contributed by atoms with Gasteiger partial charge in [-0.1, -0.05) is 81.4 Å². The smallest absolute Gasteiger partial charge is 0.318 e. The van der Waals surface area contributed by atoms with E-state index in [9.17, 15) is 19.8 Å². The van der Waals surface area contributed by atoms with Crippen LogP contribution in [0.15, 0.2) is 60.7 Å². The monoisotopic (exact) mass is 326 g/mol. The summed E-state index contributed by atoms with van der Waals surface area (Å²) in [6.07, 6.45) is 0. The summed E-state index contributed by atoms with van der Waals surface area (Å²) in [6, 6.07) is 18.5. The minimum Gasteiger partial charge on any atom is -0.481 e. The molecule has 0 radical (unpaired) electrons. The number of hydrogen-bond acceptors (Lipinski definition) is 2. The SMILES string of the molecule is CC(C)(c1ccccc1)C(C)(c1ccccc1)C(C(=O)O)C(=O)O. The van der Waals surface area contributed by atoms with Crippen LogP contribution in [0.25, 0.3) is 0 Å². The van der Waals surface area contributed by atoms with Crippen LogP contribution < -0.4 is 0 Å². The first-order valence-corrected chi connectivity index (χ1v) is 7.79. The third kappa shape index (κ3) is 2.80. The summed E-state index contributed by atoms with van der Waals surface area (Å²) in [5, 5.41) is 19.3. The topological polar surface area (TPSA) is 74.6 Å². The molecule has 2 aromatic carbocycles. The molecule has 0 heterocycles. The molecule has 0 aliphatic heterocycles. The lowest BCUT2D eigenvalue weighted by Crippen LogP contribution is -2.54. The highest BCUT2D eigenvalue weighted by atomic mass is 16.4. The lowest BCUT2D eigenvalue weighted by atomic mass is 9.54. The van der Waals surface area contributed by atoms with Crippen molar-refractivity contribution in [3.05, 3.63) is 71.8 Å². The van der Waals surface area contributed by atoms with Gasteiger partial charge in [0.1, 0.15) is 0 Å². The van der Waals surface area contributed by atoms with Crippen molar-refractivity contribution in [3.8, 4) is 0 Å². The van der Waals surface area contributed by atoms with Crippen LogP contribution in [-0.4, -0.2) is 22.2 Å². The van der Waals surface area contributed by atoms with E-state index in [4.69, 9.17) is 0 Å². The Morgan fingerprint density at radius 2 is 1.12 bits per heavy atom. The van der Waals surface area contributed by atoms with E-state index in [1.807, 2.05) is 50.2 Å². The zero-order chi connectivity index (χ0) is 18.0. The predicted molar refractivity (Wildman–Crippen MR) is 92.0 cm³/mol. The molecule has 0 saturated heterocycles. The molecule has 0 aliphatic rings. The lowest BCUT2D eigenvalue weighted by molar-refractivity contribution is -0.159. The second-order valence-corrected chi connectivity index (χ2v) is 6.67. The van der Waals surface area contributed by atoms with Crippen LogP contribution in [0.1, 0.15) is 31.9 Å². The van der Waals surface area contributed by atoms with Gasteiger partial charge in [0.15, 0.2) is 5.92 Å². The molecule has 2 N–H and O–H groups in total. The second kappa shape index (κ2) is 6.48. The van der Waals surface area contributed by atoms with E-state index in [0.717, 1.165) is 5.56 Å². The summed E-state index contributed by atoms with van der Waals surface area (Å²) in [6.45, 7) is 5.52. The Hall–Kier alpha value is -2.62. The first kappa shape index (κ1) is 17.7. The molecule has 0 spiro atoms. The van der Waals surface area contributed by atoms with Crippen molar-refractivity contribution in [2.45, 2.75) is 31.6 Å². The molecule has 1 unspecified atom stereocenters. The summed E-state index contributed by atoms with van der Waals surface area (Å²) in [7, 11) is 0. The number of benzene rings is 2. The zero-order valence-corrected chi connectivity index (χ0v) is 14.1. The third-order valence-corrected chi connectivity index (χ3v) is 5.24. The first-order chi connectivity index (χ1) is 11.2. The fourth-order valence-electron chi connectivity index (χ4n) is 3.43. The minimum atomic E-state index is -1.57. The van der Waals surface area contributed by atoms with Gasteiger partial charge in [-0.05, 0) is 11.1 Å². The van der Waals surface area contributed by atoms with E-state index in [2.05, 4.69) is 0 Å². The van der Waals surface area contributed by atoms with Crippen LogP contribution in [0.4, 0.5) is 0 Å². The largest absolute Gasteiger partial charge is 0.481 e.